The Morgan fingerprint density at radius 1 is 1.32 bits per heavy atom. The Bertz CT molecular complexity index is 573. The zero-order valence-electron chi connectivity index (χ0n) is 11.6. The van der Waals surface area contributed by atoms with Gasteiger partial charge in [-0.15, -0.1) is 0 Å². The minimum atomic E-state index is -4.74. The molecule has 22 heavy (non-hydrogen) atoms. The molecule has 0 saturated carbocycles. The van der Waals surface area contributed by atoms with Crippen molar-refractivity contribution < 1.29 is 37.1 Å². The zero-order chi connectivity index (χ0) is 16.9. The maximum atomic E-state index is 12.0. The van der Waals surface area contributed by atoms with Crippen molar-refractivity contribution >= 4 is 11.7 Å². The molecule has 0 atom stereocenters. The van der Waals surface area contributed by atoms with Crippen molar-refractivity contribution in [2.45, 2.75) is 13.1 Å². The van der Waals surface area contributed by atoms with Gasteiger partial charge >= 0.3 is 12.1 Å². The van der Waals surface area contributed by atoms with Gasteiger partial charge in [-0.25, -0.2) is 4.79 Å². The number of nitrogens with zero attached hydrogens (tertiary/aromatic N) is 1. The summed E-state index contributed by atoms with van der Waals surface area (Å²) in [6, 6.07) is 1.80. The van der Waals surface area contributed by atoms with Crippen LogP contribution < -0.4 is 9.47 Å². The predicted octanol–water partition coefficient (Wildman–Crippen LogP) is 2.72. The van der Waals surface area contributed by atoms with Crippen molar-refractivity contribution in [3.05, 3.63) is 27.8 Å². The molecule has 0 amide bonds. The molecule has 0 unspecified atom stereocenters. The number of carbonyl (C=O) groups excluding carboxylic acids is 1. The van der Waals surface area contributed by atoms with Gasteiger partial charge in [-0.3, -0.25) is 10.1 Å². The van der Waals surface area contributed by atoms with E-state index < -0.39 is 34.9 Å². The molecule has 10 heteroatoms. The first-order valence-electron chi connectivity index (χ1n) is 5.92. The van der Waals surface area contributed by atoms with E-state index in [0.29, 0.717) is 0 Å². The standard InChI is InChI=1S/C12H12F3NO6/c1-3-21-10-5-8(16(18)19)7(4-9(10)20-2)11(17)22-6-12(13,14)15/h4-5H,3,6H2,1-2H3. The number of methoxy groups -OCH3 is 1. The van der Waals surface area contributed by atoms with Gasteiger partial charge in [0.15, 0.2) is 18.1 Å². The largest absolute Gasteiger partial charge is 0.493 e. The second kappa shape index (κ2) is 6.96. The van der Waals surface area contributed by atoms with Crippen LogP contribution in [-0.2, 0) is 4.74 Å². The van der Waals surface area contributed by atoms with Gasteiger partial charge in [0, 0.05) is 6.07 Å². The normalized spacial score (nSPS) is 11.0. The highest BCUT2D eigenvalue weighted by Gasteiger charge is 2.32. The summed E-state index contributed by atoms with van der Waals surface area (Å²) in [7, 11) is 1.22. The third-order valence-corrected chi connectivity index (χ3v) is 2.37. The lowest BCUT2D eigenvalue weighted by Crippen LogP contribution is -2.21. The van der Waals surface area contributed by atoms with Crippen LogP contribution in [0.2, 0.25) is 0 Å². The fourth-order valence-electron chi connectivity index (χ4n) is 1.52. The molecular formula is C12H12F3NO6. The minimum absolute atomic E-state index is 0.0101. The predicted molar refractivity (Wildman–Crippen MR) is 67.2 cm³/mol. The van der Waals surface area contributed by atoms with Gasteiger partial charge in [0.05, 0.1) is 24.7 Å². The van der Waals surface area contributed by atoms with Crippen LogP contribution in [-0.4, -0.2) is 37.4 Å². The molecule has 0 N–H and O–H groups in total. The van der Waals surface area contributed by atoms with Crippen LogP contribution >= 0.6 is 0 Å². The molecule has 1 aromatic rings. The zero-order valence-corrected chi connectivity index (χ0v) is 11.6. The van der Waals surface area contributed by atoms with Crippen LogP contribution in [0.15, 0.2) is 12.1 Å². The SMILES string of the molecule is CCOc1cc([N+](=O)[O-])c(C(=O)OCC(F)(F)F)cc1OC. The van der Waals surface area contributed by atoms with E-state index in [1.807, 2.05) is 0 Å². The molecule has 0 aliphatic heterocycles. The summed E-state index contributed by atoms with van der Waals surface area (Å²) in [5, 5.41) is 11.0. The number of rotatable bonds is 6. The molecular weight excluding hydrogens is 311 g/mol. The van der Waals surface area contributed by atoms with E-state index >= 15 is 0 Å². The Morgan fingerprint density at radius 2 is 1.95 bits per heavy atom. The van der Waals surface area contributed by atoms with Gasteiger partial charge in [-0.05, 0) is 6.92 Å². The molecule has 122 valence electrons. The number of nitro benzene ring substituents is 1. The number of nitro groups is 1. The Labute approximate surface area is 122 Å². The number of hydrogen-bond donors (Lipinski definition) is 0. The summed E-state index contributed by atoms with van der Waals surface area (Å²) in [6.45, 7) is -0.0549. The van der Waals surface area contributed by atoms with Crippen molar-refractivity contribution in [2.24, 2.45) is 0 Å². The van der Waals surface area contributed by atoms with Gasteiger partial charge in [0.1, 0.15) is 5.56 Å². The van der Waals surface area contributed by atoms with E-state index in [1.54, 1.807) is 6.92 Å². The molecule has 0 aliphatic rings. The topological polar surface area (TPSA) is 87.9 Å². The van der Waals surface area contributed by atoms with Crippen molar-refractivity contribution in [2.75, 3.05) is 20.3 Å². The van der Waals surface area contributed by atoms with E-state index in [9.17, 15) is 28.1 Å². The van der Waals surface area contributed by atoms with Gasteiger partial charge in [-0.2, -0.15) is 13.2 Å². The molecule has 0 aliphatic carbocycles. The van der Waals surface area contributed by atoms with Crippen LogP contribution in [0.5, 0.6) is 11.5 Å². The Morgan fingerprint density at radius 3 is 2.41 bits per heavy atom. The van der Waals surface area contributed by atoms with Crippen LogP contribution in [0.4, 0.5) is 18.9 Å². The van der Waals surface area contributed by atoms with E-state index in [2.05, 4.69) is 4.74 Å². The van der Waals surface area contributed by atoms with E-state index in [0.717, 1.165) is 12.1 Å². The summed E-state index contributed by atoms with van der Waals surface area (Å²) in [4.78, 5) is 21.7. The molecule has 0 saturated heterocycles. The first-order chi connectivity index (χ1) is 10.2. The molecule has 0 aromatic heterocycles. The average Bonchev–Trinajstić information content (AvgIpc) is 2.43. The number of halogens is 3. The van der Waals surface area contributed by atoms with Crippen LogP contribution in [0, 0.1) is 10.1 Å². The summed E-state index contributed by atoms with van der Waals surface area (Å²) >= 11 is 0. The monoisotopic (exact) mass is 323 g/mol. The fraction of sp³-hybridized carbons (Fsp3) is 0.417. The lowest BCUT2D eigenvalue weighted by Gasteiger charge is -2.12. The highest BCUT2D eigenvalue weighted by molar-refractivity contribution is 5.95. The highest BCUT2D eigenvalue weighted by Crippen LogP contribution is 2.35. The fourth-order valence-corrected chi connectivity index (χ4v) is 1.52. The lowest BCUT2D eigenvalue weighted by atomic mass is 10.1. The van der Waals surface area contributed by atoms with E-state index in [-0.39, 0.29) is 18.1 Å². The first-order valence-corrected chi connectivity index (χ1v) is 5.92. The van der Waals surface area contributed by atoms with Crippen LogP contribution in [0.3, 0.4) is 0 Å². The Kier molecular flexibility index (Phi) is 5.55. The second-order valence-electron chi connectivity index (χ2n) is 3.90. The number of esters is 1. The van der Waals surface area contributed by atoms with Gasteiger partial charge in [-0.1, -0.05) is 0 Å². The summed E-state index contributed by atoms with van der Waals surface area (Å²) in [5.74, 6) is -1.53. The maximum absolute atomic E-state index is 12.0. The third kappa shape index (κ3) is 4.50. The summed E-state index contributed by atoms with van der Waals surface area (Å²) in [5.41, 5.74) is -1.40. The lowest BCUT2D eigenvalue weighted by molar-refractivity contribution is -0.385. The quantitative estimate of drug-likeness (QED) is 0.454. The molecule has 0 heterocycles. The van der Waals surface area contributed by atoms with Crippen molar-refractivity contribution in [3.63, 3.8) is 0 Å². The number of ether oxygens (including phenoxy) is 3. The molecule has 0 spiro atoms. The number of benzene rings is 1. The molecule has 0 radical (unpaired) electrons. The second-order valence-corrected chi connectivity index (χ2v) is 3.90. The van der Waals surface area contributed by atoms with Gasteiger partial charge in [0.2, 0.25) is 0 Å². The first kappa shape index (κ1) is 17.5. The van der Waals surface area contributed by atoms with Gasteiger partial charge in [0.25, 0.3) is 5.69 Å². The molecule has 7 nitrogen and oxygen atoms in total. The number of hydrogen-bond acceptors (Lipinski definition) is 6. The van der Waals surface area contributed by atoms with Crippen molar-refractivity contribution in [1.82, 2.24) is 0 Å². The number of alkyl halides is 3. The van der Waals surface area contributed by atoms with Crippen LogP contribution in [0.1, 0.15) is 17.3 Å². The summed E-state index contributed by atoms with van der Waals surface area (Å²) < 4.78 is 50.2. The molecule has 0 bridgehead atoms. The Balaban J connectivity index is 3.21. The third-order valence-electron chi connectivity index (χ3n) is 2.37. The highest BCUT2D eigenvalue weighted by atomic mass is 19.4. The Hall–Kier alpha value is -2.52. The maximum Gasteiger partial charge on any atom is 0.422 e. The minimum Gasteiger partial charge on any atom is -0.493 e. The molecule has 1 aromatic carbocycles. The van der Waals surface area contributed by atoms with E-state index in [1.165, 1.54) is 7.11 Å². The number of carbonyl (C=O) groups is 1. The van der Waals surface area contributed by atoms with Crippen LogP contribution in [0.25, 0.3) is 0 Å². The van der Waals surface area contributed by atoms with Crippen molar-refractivity contribution in [3.8, 4) is 11.5 Å². The summed E-state index contributed by atoms with van der Waals surface area (Å²) in [6.07, 6.45) is -4.74. The smallest absolute Gasteiger partial charge is 0.422 e. The van der Waals surface area contributed by atoms with Crippen molar-refractivity contribution in [1.29, 1.82) is 0 Å². The van der Waals surface area contributed by atoms with E-state index in [4.69, 9.17) is 9.47 Å². The average molecular weight is 323 g/mol. The molecule has 1 rings (SSSR count). The van der Waals surface area contributed by atoms with Gasteiger partial charge < -0.3 is 14.2 Å². The molecule has 0 fully saturated rings.